The first-order chi connectivity index (χ1) is 7.20. The topological polar surface area (TPSA) is 42.4 Å². The lowest BCUT2D eigenvalue weighted by molar-refractivity contribution is -0.275. The number of hydrogen-bond donors (Lipinski definition) is 1. The second kappa shape index (κ2) is 4.28. The summed E-state index contributed by atoms with van der Waals surface area (Å²) < 4.78 is 63.0. The third kappa shape index (κ3) is 3.09. The SMILES string of the molecule is Oc1c(OC(F)(F)F)cc(C(F)F)nc1Cl. The van der Waals surface area contributed by atoms with E-state index in [1.165, 1.54) is 0 Å². The first-order valence-corrected chi connectivity index (χ1v) is 4.02. The van der Waals surface area contributed by atoms with Crippen LogP contribution in [0.15, 0.2) is 6.07 Å². The lowest BCUT2D eigenvalue weighted by Crippen LogP contribution is -2.17. The third-order valence-corrected chi connectivity index (χ3v) is 1.65. The minimum atomic E-state index is -5.12. The Morgan fingerprint density at radius 2 is 1.94 bits per heavy atom. The van der Waals surface area contributed by atoms with E-state index in [4.69, 9.17) is 16.7 Å². The summed E-state index contributed by atoms with van der Waals surface area (Å²) in [6.07, 6.45) is -8.25. The van der Waals surface area contributed by atoms with E-state index in [0.717, 1.165) is 0 Å². The first-order valence-electron chi connectivity index (χ1n) is 3.64. The highest BCUT2D eigenvalue weighted by molar-refractivity contribution is 6.31. The highest BCUT2D eigenvalue weighted by Gasteiger charge is 2.33. The molecule has 0 atom stereocenters. The summed E-state index contributed by atoms with van der Waals surface area (Å²) >= 11 is 5.15. The van der Waals surface area contributed by atoms with Gasteiger partial charge in [-0.15, -0.1) is 13.2 Å². The molecule has 1 heterocycles. The third-order valence-electron chi connectivity index (χ3n) is 1.38. The van der Waals surface area contributed by atoms with Crippen LogP contribution in [0.4, 0.5) is 22.0 Å². The number of nitrogens with zero attached hydrogens (tertiary/aromatic N) is 1. The van der Waals surface area contributed by atoms with Crippen LogP contribution in [0.5, 0.6) is 11.5 Å². The molecule has 0 aliphatic carbocycles. The van der Waals surface area contributed by atoms with Gasteiger partial charge in [0.2, 0.25) is 0 Å². The van der Waals surface area contributed by atoms with Crippen LogP contribution in [0.3, 0.4) is 0 Å². The molecular weight excluding hydrogens is 261 g/mol. The fraction of sp³-hybridized carbons (Fsp3) is 0.286. The van der Waals surface area contributed by atoms with Gasteiger partial charge in [-0.25, -0.2) is 13.8 Å². The molecule has 1 N–H and O–H groups in total. The number of rotatable bonds is 2. The Morgan fingerprint density at radius 1 is 1.38 bits per heavy atom. The second-order valence-corrected chi connectivity index (χ2v) is 2.89. The van der Waals surface area contributed by atoms with Crippen LogP contribution in [0.1, 0.15) is 12.1 Å². The van der Waals surface area contributed by atoms with Crippen molar-refractivity contribution in [3.05, 3.63) is 16.9 Å². The Bertz CT molecular complexity index is 395. The van der Waals surface area contributed by atoms with Gasteiger partial charge in [0.15, 0.2) is 16.7 Å². The minimum absolute atomic E-state index is 0.263. The van der Waals surface area contributed by atoms with Gasteiger partial charge in [-0.3, -0.25) is 0 Å². The number of aromatic hydroxyl groups is 1. The average molecular weight is 264 g/mol. The second-order valence-electron chi connectivity index (χ2n) is 2.53. The minimum Gasteiger partial charge on any atom is -0.502 e. The molecule has 0 bridgehead atoms. The number of pyridine rings is 1. The summed E-state index contributed by atoms with van der Waals surface area (Å²) in [6.45, 7) is 0. The zero-order chi connectivity index (χ0) is 12.5. The van der Waals surface area contributed by atoms with Gasteiger partial charge >= 0.3 is 6.36 Å². The van der Waals surface area contributed by atoms with Crippen LogP contribution in [0.2, 0.25) is 5.15 Å². The number of halogens is 6. The van der Waals surface area contributed by atoms with Crippen molar-refractivity contribution in [2.24, 2.45) is 0 Å². The normalized spacial score (nSPS) is 11.9. The zero-order valence-electron chi connectivity index (χ0n) is 7.23. The smallest absolute Gasteiger partial charge is 0.502 e. The Hall–Kier alpha value is -1.31. The van der Waals surface area contributed by atoms with Gasteiger partial charge in [0.05, 0.1) is 0 Å². The van der Waals surface area contributed by atoms with E-state index in [0.29, 0.717) is 0 Å². The summed E-state index contributed by atoms with van der Waals surface area (Å²) in [4.78, 5) is 2.98. The summed E-state index contributed by atoms with van der Waals surface area (Å²) in [5, 5.41) is 8.11. The van der Waals surface area contributed by atoms with Crippen molar-refractivity contribution < 1.29 is 31.8 Å². The number of ether oxygens (including phenoxy) is 1. The van der Waals surface area contributed by atoms with E-state index in [-0.39, 0.29) is 6.07 Å². The van der Waals surface area contributed by atoms with E-state index < -0.39 is 35.1 Å². The molecule has 0 spiro atoms. The molecular formula is C7H3ClF5NO2. The summed E-state index contributed by atoms with van der Waals surface area (Å²) in [5.41, 5.74) is -1.03. The monoisotopic (exact) mass is 263 g/mol. The molecule has 16 heavy (non-hydrogen) atoms. The van der Waals surface area contributed by atoms with E-state index in [1.807, 2.05) is 0 Å². The molecule has 1 aromatic heterocycles. The molecule has 0 unspecified atom stereocenters. The van der Waals surface area contributed by atoms with Crippen molar-refractivity contribution in [2.75, 3.05) is 0 Å². The largest absolute Gasteiger partial charge is 0.573 e. The van der Waals surface area contributed by atoms with Crippen LogP contribution in [0, 0.1) is 0 Å². The molecule has 0 aliphatic heterocycles. The van der Waals surface area contributed by atoms with Crippen molar-refractivity contribution in [3.63, 3.8) is 0 Å². The van der Waals surface area contributed by atoms with Gasteiger partial charge in [0.25, 0.3) is 6.43 Å². The number of alkyl halides is 5. The van der Waals surface area contributed by atoms with Gasteiger partial charge in [0, 0.05) is 6.07 Å². The van der Waals surface area contributed by atoms with Crippen molar-refractivity contribution in [1.29, 1.82) is 0 Å². The molecule has 9 heteroatoms. The van der Waals surface area contributed by atoms with E-state index in [9.17, 15) is 22.0 Å². The Balaban J connectivity index is 3.17. The fourth-order valence-electron chi connectivity index (χ4n) is 0.817. The molecule has 0 fully saturated rings. The lowest BCUT2D eigenvalue weighted by atomic mass is 10.3. The molecule has 1 aromatic rings. The molecule has 3 nitrogen and oxygen atoms in total. The average Bonchev–Trinajstić information content (AvgIpc) is 2.10. The summed E-state index contributed by atoms with van der Waals surface area (Å²) in [6, 6.07) is 0.263. The van der Waals surface area contributed by atoms with Gasteiger partial charge in [-0.05, 0) is 0 Å². The van der Waals surface area contributed by atoms with E-state index in [2.05, 4.69) is 9.72 Å². The summed E-state index contributed by atoms with van der Waals surface area (Å²) in [5.74, 6) is -2.37. The Labute approximate surface area is 90.4 Å². The quantitative estimate of drug-likeness (QED) is 0.658. The molecule has 1 rings (SSSR count). The van der Waals surface area contributed by atoms with Crippen LogP contribution in [-0.4, -0.2) is 16.5 Å². The number of hydrogen-bond acceptors (Lipinski definition) is 3. The molecule has 0 saturated heterocycles. The van der Waals surface area contributed by atoms with Gasteiger partial charge in [0.1, 0.15) is 5.69 Å². The van der Waals surface area contributed by atoms with Crippen LogP contribution in [-0.2, 0) is 0 Å². The number of aromatic nitrogens is 1. The van der Waals surface area contributed by atoms with Crippen molar-refractivity contribution in [2.45, 2.75) is 12.8 Å². The maximum absolute atomic E-state index is 12.2. The first kappa shape index (κ1) is 12.8. The molecule has 0 amide bonds. The predicted octanol–water partition coefficient (Wildman–Crippen LogP) is 3.28. The predicted molar refractivity (Wildman–Crippen MR) is 42.6 cm³/mol. The highest BCUT2D eigenvalue weighted by atomic mass is 35.5. The molecule has 0 aliphatic rings. The van der Waals surface area contributed by atoms with Crippen molar-refractivity contribution in [3.8, 4) is 11.5 Å². The van der Waals surface area contributed by atoms with Crippen molar-refractivity contribution >= 4 is 11.6 Å². The zero-order valence-corrected chi connectivity index (χ0v) is 7.98. The Kier molecular flexibility index (Phi) is 3.41. The van der Waals surface area contributed by atoms with E-state index >= 15 is 0 Å². The van der Waals surface area contributed by atoms with Gasteiger partial charge in [-0.1, -0.05) is 11.6 Å². The molecule has 90 valence electrons. The standard InChI is InChI=1S/C7H3ClF5NO2/c8-5-4(15)3(16-7(11,12)13)1-2(14-5)6(9)10/h1,6,15H. The maximum atomic E-state index is 12.2. The molecule has 0 aromatic carbocycles. The van der Waals surface area contributed by atoms with E-state index in [1.54, 1.807) is 0 Å². The Morgan fingerprint density at radius 3 is 2.38 bits per heavy atom. The van der Waals surface area contributed by atoms with Crippen molar-refractivity contribution in [1.82, 2.24) is 4.98 Å². The maximum Gasteiger partial charge on any atom is 0.573 e. The lowest BCUT2D eigenvalue weighted by Gasteiger charge is -2.11. The van der Waals surface area contributed by atoms with Crippen LogP contribution < -0.4 is 4.74 Å². The van der Waals surface area contributed by atoms with Gasteiger partial charge < -0.3 is 9.84 Å². The van der Waals surface area contributed by atoms with Gasteiger partial charge in [-0.2, -0.15) is 0 Å². The van der Waals surface area contributed by atoms with Crippen LogP contribution >= 0.6 is 11.6 Å². The highest BCUT2D eigenvalue weighted by Crippen LogP contribution is 2.38. The van der Waals surface area contributed by atoms with Crippen LogP contribution in [0.25, 0.3) is 0 Å². The summed E-state index contributed by atoms with van der Waals surface area (Å²) in [7, 11) is 0. The molecule has 0 radical (unpaired) electrons. The molecule has 0 saturated carbocycles. The fourth-order valence-corrected chi connectivity index (χ4v) is 1.01.